The van der Waals surface area contributed by atoms with E-state index in [1.165, 1.54) is 5.56 Å². The van der Waals surface area contributed by atoms with E-state index < -0.39 is 0 Å². The first-order valence-electron chi connectivity index (χ1n) is 6.60. The fourth-order valence-corrected chi connectivity index (χ4v) is 2.26. The summed E-state index contributed by atoms with van der Waals surface area (Å²) < 4.78 is 5.99. The van der Waals surface area contributed by atoms with Gasteiger partial charge in [-0.15, -0.1) is 0 Å². The van der Waals surface area contributed by atoms with E-state index in [2.05, 4.69) is 63.3 Å². The molecule has 1 aromatic rings. The lowest BCUT2D eigenvalue weighted by Gasteiger charge is -2.37. The largest absolute Gasteiger partial charge is 0.374 e. The maximum atomic E-state index is 5.99. The molecule has 0 aromatic heterocycles. The van der Waals surface area contributed by atoms with Crippen molar-refractivity contribution in [3.8, 4) is 0 Å². The highest BCUT2D eigenvalue weighted by atomic mass is 16.5. The Labute approximate surface area is 105 Å². The van der Waals surface area contributed by atoms with Crippen molar-refractivity contribution in [3.05, 3.63) is 35.9 Å². The third-order valence-electron chi connectivity index (χ3n) is 3.33. The van der Waals surface area contributed by atoms with Crippen LogP contribution in [0.5, 0.6) is 0 Å². The molecule has 0 amide bonds. The summed E-state index contributed by atoms with van der Waals surface area (Å²) in [5.74, 6) is 0. The number of benzene rings is 1. The predicted molar refractivity (Wildman–Crippen MR) is 73.2 cm³/mol. The monoisotopic (exact) mass is 235 g/mol. The Hall–Kier alpha value is -0.860. The second-order valence-corrected chi connectivity index (χ2v) is 4.50. The van der Waals surface area contributed by atoms with Gasteiger partial charge in [0.25, 0.3) is 0 Å². The Morgan fingerprint density at radius 2 is 1.82 bits per heavy atom. The quantitative estimate of drug-likeness (QED) is 0.780. The Balaban J connectivity index is 2.98. The molecule has 2 heteroatoms. The van der Waals surface area contributed by atoms with Gasteiger partial charge in [-0.3, -0.25) is 0 Å². The normalized spacial score (nSPS) is 16.5. The molecule has 0 fully saturated rings. The van der Waals surface area contributed by atoms with Crippen molar-refractivity contribution in [1.82, 2.24) is 5.32 Å². The summed E-state index contributed by atoms with van der Waals surface area (Å²) in [5.41, 5.74) is 1.15. The van der Waals surface area contributed by atoms with E-state index >= 15 is 0 Å². The average Bonchev–Trinajstić information content (AvgIpc) is 2.37. The zero-order valence-electron chi connectivity index (χ0n) is 11.5. The molecule has 96 valence electrons. The van der Waals surface area contributed by atoms with Crippen molar-refractivity contribution >= 4 is 0 Å². The Morgan fingerprint density at radius 3 is 2.29 bits per heavy atom. The third-order valence-corrected chi connectivity index (χ3v) is 3.33. The zero-order chi connectivity index (χ0) is 12.7. The summed E-state index contributed by atoms with van der Waals surface area (Å²) in [6.45, 7) is 10.3. The van der Waals surface area contributed by atoms with E-state index in [4.69, 9.17) is 4.74 Å². The van der Waals surface area contributed by atoms with E-state index in [1.807, 2.05) is 0 Å². The van der Waals surface area contributed by atoms with Crippen molar-refractivity contribution < 1.29 is 4.74 Å². The lowest BCUT2D eigenvalue weighted by molar-refractivity contribution is -0.0560. The minimum atomic E-state index is -0.147. The molecule has 1 rings (SSSR count). The number of hydrogen-bond donors (Lipinski definition) is 1. The third kappa shape index (κ3) is 3.55. The maximum absolute atomic E-state index is 5.99. The summed E-state index contributed by atoms with van der Waals surface area (Å²) in [4.78, 5) is 0. The van der Waals surface area contributed by atoms with Crippen LogP contribution in [0.3, 0.4) is 0 Å². The number of rotatable bonds is 7. The maximum Gasteiger partial charge on any atom is 0.0845 e. The summed E-state index contributed by atoms with van der Waals surface area (Å²) in [6, 6.07) is 10.8. The van der Waals surface area contributed by atoms with Gasteiger partial charge in [0, 0.05) is 6.61 Å². The molecule has 0 saturated heterocycles. The smallest absolute Gasteiger partial charge is 0.0845 e. The molecule has 17 heavy (non-hydrogen) atoms. The molecular formula is C15H25NO. The summed E-state index contributed by atoms with van der Waals surface area (Å²) in [5, 5.41) is 3.55. The Kier molecular flexibility index (Phi) is 5.66. The van der Waals surface area contributed by atoms with Gasteiger partial charge in [-0.1, -0.05) is 44.2 Å². The molecule has 1 N–H and O–H groups in total. The first-order chi connectivity index (χ1) is 8.18. The fourth-order valence-electron chi connectivity index (χ4n) is 2.26. The van der Waals surface area contributed by atoms with Gasteiger partial charge in [-0.2, -0.15) is 0 Å². The standard InChI is InChI=1S/C15H25NO/c1-5-15(4,17-7-3)14(16-6-2)13-11-9-8-10-12-13/h8-12,14,16H,5-7H2,1-4H3. The number of nitrogens with one attached hydrogen (secondary N) is 1. The van der Waals surface area contributed by atoms with Gasteiger partial charge in [-0.25, -0.2) is 0 Å². The summed E-state index contributed by atoms with van der Waals surface area (Å²) in [7, 11) is 0. The Bertz CT molecular complexity index is 312. The molecule has 0 heterocycles. The highest BCUT2D eigenvalue weighted by Crippen LogP contribution is 2.31. The molecule has 2 nitrogen and oxygen atoms in total. The Morgan fingerprint density at radius 1 is 1.18 bits per heavy atom. The first-order valence-corrected chi connectivity index (χ1v) is 6.60. The van der Waals surface area contributed by atoms with E-state index in [1.54, 1.807) is 0 Å². The number of hydrogen-bond acceptors (Lipinski definition) is 2. The van der Waals surface area contributed by atoms with Crippen LogP contribution in [0.15, 0.2) is 30.3 Å². The van der Waals surface area contributed by atoms with Crippen LogP contribution >= 0.6 is 0 Å². The molecule has 0 aliphatic carbocycles. The lowest BCUT2D eigenvalue weighted by Crippen LogP contribution is -2.43. The molecule has 2 atom stereocenters. The van der Waals surface area contributed by atoms with Crippen molar-refractivity contribution in [2.24, 2.45) is 0 Å². The van der Waals surface area contributed by atoms with Crippen molar-refractivity contribution in [2.45, 2.75) is 45.8 Å². The molecule has 1 aromatic carbocycles. The van der Waals surface area contributed by atoms with Gasteiger partial charge in [-0.05, 0) is 32.4 Å². The van der Waals surface area contributed by atoms with Crippen LogP contribution in [0.2, 0.25) is 0 Å². The van der Waals surface area contributed by atoms with E-state index in [0.717, 1.165) is 19.6 Å². The van der Waals surface area contributed by atoms with Crippen LogP contribution in [0.1, 0.15) is 45.7 Å². The predicted octanol–water partition coefficient (Wildman–Crippen LogP) is 3.54. The molecule has 2 unspecified atom stereocenters. The van der Waals surface area contributed by atoms with Crippen LogP contribution in [0.4, 0.5) is 0 Å². The summed E-state index contributed by atoms with van der Waals surface area (Å²) >= 11 is 0. The van der Waals surface area contributed by atoms with E-state index in [9.17, 15) is 0 Å². The van der Waals surface area contributed by atoms with Gasteiger partial charge in [0.2, 0.25) is 0 Å². The van der Waals surface area contributed by atoms with Crippen LogP contribution in [-0.2, 0) is 4.74 Å². The second-order valence-electron chi connectivity index (χ2n) is 4.50. The topological polar surface area (TPSA) is 21.3 Å². The van der Waals surface area contributed by atoms with Gasteiger partial charge in [0.15, 0.2) is 0 Å². The van der Waals surface area contributed by atoms with Gasteiger partial charge in [0.1, 0.15) is 0 Å². The second kappa shape index (κ2) is 6.77. The van der Waals surface area contributed by atoms with Crippen molar-refractivity contribution in [1.29, 1.82) is 0 Å². The van der Waals surface area contributed by atoms with Crippen molar-refractivity contribution in [3.63, 3.8) is 0 Å². The highest BCUT2D eigenvalue weighted by Gasteiger charge is 2.33. The minimum Gasteiger partial charge on any atom is -0.374 e. The molecule has 0 aliphatic heterocycles. The van der Waals surface area contributed by atoms with Crippen LogP contribution in [-0.4, -0.2) is 18.8 Å². The van der Waals surface area contributed by atoms with Crippen LogP contribution in [0.25, 0.3) is 0 Å². The van der Waals surface area contributed by atoms with Crippen LogP contribution < -0.4 is 5.32 Å². The molecule has 0 radical (unpaired) electrons. The molecule has 0 saturated carbocycles. The fraction of sp³-hybridized carbons (Fsp3) is 0.600. The first kappa shape index (κ1) is 14.2. The molecule has 0 bridgehead atoms. The van der Waals surface area contributed by atoms with E-state index in [0.29, 0.717) is 0 Å². The zero-order valence-corrected chi connectivity index (χ0v) is 11.5. The molecule has 0 spiro atoms. The lowest BCUT2D eigenvalue weighted by atomic mass is 9.87. The molecule has 0 aliphatic rings. The summed E-state index contributed by atoms with van der Waals surface area (Å²) in [6.07, 6.45) is 0.993. The number of likely N-dealkylation sites (N-methyl/N-ethyl adjacent to an activating group) is 1. The van der Waals surface area contributed by atoms with Gasteiger partial charge >= 0.3 is 0 Å². The van der Waals surface area contributed by atoms with Gasteiger partial charge < -0.3 is 10.1 Å². The van der Waals surface area contributed by atoms with Crippen LogP contribution in [0, 0.1) is 0 Å². The minimum absolute atomic E-state index is 0.147. The van der Waals surface area contributed by atoms with Crippen molar-refractivity contribution in [2.75, 3.05) is 13.2 Å². The van der Waals surface area contributed by atoms with E-state index in [-0.39, 0.29) is 11.6 Å². The van der Waals surface area contributed by atoms with Gasteiger partial charge in [0.05, 0.1) is 11.6 Å². The molecular weight excluding hydrogens is 210 g/mol. The highest BCUT2D eigenvalue weighted by molar-refractivity contribution is 5.22. The average molecular weight is 235 g/mol. The number of ether oxygens (including phenoxy) is 1. The SMILES string of the molecule is CCNC(c1ccccc1)C(C)(CC)OCC.